The summed E-state index contributed by atoms with van der Waals surface area (Å²) in [5.41, 5.74) is 6.07. The number of halogens is 1. The molecule has 1 aliphatic rings. The zero-order chi connectivity index (χ0) is 10.2. The van der Waals surface area contributed by atoms with Gasteiger partial charge in [-0.2, -0.15) is 0 Å². The van der Waals surface area contributed by atoms with Crippen molar-refractivity contribution in [1.82, 2.24) is 0 Å². The van der Waals surface area contributed by atoms with Crippen LogP contribution in [0.15, 0.2) is 15.2 Å². The van der Waals surface area contributed by atoms with E-state index in [0.29, 0.717) is 4.67 Å². The van der Waals surface area contributed by atoms with Gasteiger partial charge in [0.15, 0.2) is 10.4 Å². The summed E-state index contributed by atoms with van der Waals surface area (Å²) < 4.78 is 11.4. The normalized spacial score (nSPS) is 18.2. The third kappa shape index (κ3) is 2.12. The van der Waals surface area contributed by atoms with Gasteiger partial charge in [-0.15, -0.1) is 0 Å². The second kappa shape index (κ2) is 3.59. The Kier molecular flexibility index (Phi) is 2.58. The zero-order valence-electron chi connectivity index (χ0n) is 8.18. The van der Waals surface area contributed by atoms with Crippen molar-refractivity contribution in [3.63, 3.8) is 0 Å². The third-order valence-electron chi connectivity index (χ3n) is 2.70. The lowest BCUT2D eigenvalue weighted by Crippen LogP contribution is -2.22. The van der Waals surface area contributed by atoms with E-state index in [4.69, 9.17) is 14.9 Å². The van der Waals surface area contributed by atoms with E-state index >= 15 is 0 Å². The number of hydrogen-bond acceptors (Lipinski definition) is 3. The first-order valence-corrected chi connectivity index (χ1v) is 5.53. The molecule has 78 valence electrons. The van der Waals surface area contributed by atoms with Crippen molar-refractivity contribution in [1.29, 1.82) is 0 Å². The molecule has 1 saturated carbocycles. The highest BCUT2D eigenvalue weighted by molar-refractivity contribution is 9.10. The maximum Gasteiger partial charge on any atom is 0.173 e. The van der Waals surface area contributed by atoms with E-state index in [0.717, 1.165) is 37.2 Å². The predicted molar refractivity (Wildman–Crippen MR) is 57.4 cm³/mol. The van der Waals surface area contributed by atoms with Crippen molar-refractivity contribution >= 4 is 15.9 Å². The predicted octanol–water partition coefficient (Wildman–Crippen LogP) is 2.47. The van der Waals surface area contributed by atoms with Crippen LogP contribution in [0.25, 0.3) is 0 Å². The Bertz CT molecular complexity index is 331. The SMILES string of the molecule is COc1cc(Br)oc1CCC1(N)CC1. The maximum absolute atomic E-state index is 6.00. The largest absolute Gasteiger partial charge is 0.493 e. The molecule has 1 heterocycles. The van der Waals surface area contributed by atoms with Crippen LogP contribution >= 0.6 is 15.9 Å². The van der Waals surface area contributed by atoms with Gasteiger partial charge in [0, 0.05) is 18.0 Å². The van der Waals surface area contributed by atoms with Crippen molar-refractivity contribution in [2.45, 2.75) is 31.2 Å². The Morgan fingerprint density at radius 2 is 2.36 bits per heavy atom. The van der Waals surface area contributed by atoms with Crippen molar-refractivity contribution in [2.75, 3.05) is 7.11 Å². The van der Waals surface area contributed by atoms with Crippen molar-refractivity contribution < 1.29 is 9.15 Å². The Hall–Kier alpha value is -0.480. The van der Waals surface area contributed by atoms with E-state index < -0.39 is 0 Å². The quantitative estimate of drug-likeness (QED) is 0.904. The van der Waals surface area contributed by atoms with Crippen LogP contribution in [-0.2, 0) is 6.42 Å². The summed E-state index contributed by atoms with van der Waals surface area (Å²) in [7, 11) is 1.65. The molecule has 14 heavy (non-hydrogen) atoms. The molecule has 1 aromatic heterocycles. The summed E-state index contributed by atoms with van der Waals surface area (Å²) in [4.78, 5) is 0. The molecule has 2 N–H and O–H groups in total. The van der Waals surface area contributed by atoms with Gasteiger partial charge in [0.2, 0.25) is 0 Å². The lowest BCUT2D eigenvalue weighted by atomic mass is 10.1. The Labute approximate surface area is 91.7 Å². The van der Waals surface area contributed by atoms with E-state index in [2.05, 4.69) is 15.9 Å². The van der Waals surface area contributed by atoms with Gasteiger partial charge in [-0.1, -0.05) is 0 Å². The van der Waals surface area contributed by atoms with E-state index in [1.54, 1.807) is 7.11 Å². The minimum Gasteiger partial charge on any atom is -0.493 e. The summed E-state index contributed by atoms with van der Waals surface area (Å²) in [5, 5.41) is 0. The van der Waals surface area contributed by atoms with Crippen molar-refractivity contribution in [2.24, 2.45) is 5.73 Å². The number of furan rings is 1. The summed E-state index contributed by atoms with van der Waals surface area (Å²) in [5.74, 6) is 1.69. The molecule has 0 radical (unpaired) electrons. The highest BCUT2D eigenvalue weighted by Gasteiger charge is 2.37. The van der Waals surface area contributed by atoms with Gasteiger partial charge in [0.05, 0.1) is 7.11 Å². The minimum atomic E-state index is 0.0737. The van der Waals surface area contributed by atoms with E-state index in [1.807, 2.05) is 6.07 Å². The number of rotatable bonds is 4. The highest BCUT2D eigenvalue weighted by Crippen LogP contribution is 2.38. The van der Waals surface area contributed by atoms with Gasteiger partial charge in [-0.3, -0.25) is 0 Å². The van der Waals surface area contributed by atoms with Crippen LogP contribution in [0.5, 0.6) is 5.75 Å². The van der Waals surface area contributed by atoms with Gasteiger partial charge in [0.1, 0.15) is 5.76 Å². The average molecular weight is 260 g/mol. The summed E-state index contributed by atoms with van der Waals surface area (Å²) in [6, 6.07) is 1.84. The first kappa shape index (κ1) is 10.1. The molecule has 1 aliphatic carbocycles. The monoisotopic (exact) mass is 259 g/mol. The zero-order valence-corrected chi connectivity index (χ0v) is 9.76. The van der Waals surface area contributed by atoms with Crippen LogP contribution in [0.4, 0.5) is 0 Å². The summed E-state index contributed by atoms with van der Waals surface area (Å²) in [6.07, 6.45) is 4.10. The van der Waals surface area contributed by atoms with E-state index in [1.165, 1.54) is 0 Å². The van der Waals surface area contributed by atoms with Gasteiger partial charge < -0.3 is 14.9 Å². The molecule has 0 unspecified atom stereocenters. The molecule has 0 aromatic carbocycles. The topological polar surface area (TPSA) is 48.4 Å². The van der Waals surface area contributed by atoms with Crippen molar-refractivity contribution in [3.05, 3.63) is 16.5 Å². The molecule has 0 aliphatic heterocycles. The molecule has 0 atom stereocenters. The Morgan fingerprint density at radius 3 is 2.93 bits per heavy atom. The first-order valence-electron chi connectivity index (χ1n) is 4.74. The Morgan fingerprint density at radius 1 is 1.64 bits per heavy atom. The lowest BCUT2D eigenvalue weighted by molar-refractivity contribution is 0.383. The van der Waals surface area contributed by atoms with Crippen LogP contribution in [0.3, 0.4) is 0 Å². The number of methoxy groups -OCH3 is 1. The number of ether oxygens (including phenoxy) is 1. The molecule has 2 rings (SSSR count). The molecular weight excluding hydrogens is 246 g/mol. The molecule has 0 amide bonds. The van der Waals surface area contributed by atoms with Crippen LogP contribution < -0.4 is 10.5 Å². The molecule has 3 nitrogen and oxygen atoms in total. The number of aryl methyl sites for hydroxylation is 1. The van der Waals surface area contributed by atoms with Crippen LogP contribution in [0.1, 0.15) is 25.0 Å². The standard InChI is InChI=1S/C10H14BrNO2/c1-13-8-6-9(11)14-7(8)2-3-10(12)4-5-10/h6H,2-5,12H2,1H3. The smallest absolute Gasteiger partial charge is 0.173 e. The van der Waals surface area contributed by atoms with Crippen molar-refractivity contribution in [3.8, 4) is 5.75 Å². The van der Waals surface area contributed by atoms with E-state index in [-0.39, 0.29) is 5.54 Å². The molecule has 4 heteroatoms. The second-order valence-electron chi connectivity index (χ2n) is 3.90. The number of nitrogens with two attached hydrogens (primary N) is 1. The molecule has 0 saturated heterocycles. The maximum atomic E-state index is 6.00. The van der Waals surface area contributed by atoms with Crippen LogP contribution in [0, 0.1) is 0 Å². The van der Waals surface area contributed by atoms with Gasteiger partial charge in [0.25, 0.3) is 0 Å². The Balaban J connectivity index is 2.00. The molecule has 1 aromatic rings. The highest BCUT2D eigenvalue weighted by atomic mass is 79.9. The minimum absolute atomic E-state index is 0.0737. The molecule has 0 spiro atoms. The van der Waals surface area contributed by atoms with Gasteiger partial charge in [-0.05, 0) is 35.2 Å². The molecule has 1 fully saturated rings. The van der Waals surface area contributed by atoms with Crippen LogP contribution in [0.2, 0.25) is 0 Å². The van der Waals surface area contributed by atoms with Gasteiger partial charge >= 0.3 is 0 Å². The number of hydrogen-bond donors (Lipinski definition) is 1. The average Bonchev–Trinajstić information content (AvgIpc) is 2.76. The fourth-order valence-electron chi connectivity index (χ4n) is 1.50. The third-order valence-corrected chi connectivity index (χ3v) is 3.09. The molecular formula is C10H14BrNO2. The van der Waals surface area contributed by atoms with Crippen LogP contribution in [-0.4, -0.2) is 12.6 Å². The van der Waals surface area contributed by atoms with Gasteiger partial charge in [-0.25, -0.2) is 0 Å². The first-order chi connectivity index (χ1) is 6.63. The molecule has 0 bridgehead atoms. The van der Waals surface area contributed by atoms with E-state index in [9.17, 15) is 0 Å². The summed E-state index contributed by atoms with van der Waals surface area (Å²) >= 11 is 3.28. The second-order valence-corrected chi connectivity index (χ2v) is 4.69. The fraction of sp³-hybridized carbons (Fsp3) is 0.600. The fourth-order valence-corrected chi connectivity index (χ4v) is 1.90. The summed E-state index contributed by atoms with van der Waals surface area (Å²) in [6.45, 7) is 0. The lowest BCUT2D eigenvalue weighted by Gasteiger charge is -2.06.